The van der Waals surface area contributed by atoms with Gasteiger partial charge in [0.2, 0.25) is 0 Å². The largest absolute Gasteiger partial charge is 0.486 e. The van der Waals surface area contributed by atoms with Crippen molar-refractivity contribution >= 4 is 28.8 Å². The summed E-state index contributed by atoms with van der Waals surface area (Å²) in [5.74, 6) is 1.29. The summed E-state index contributed by atoms with van der Waals surface area (Å²) >= 11 is 7.35. The van der Waals surface area contributed by atoms with Gasteiger partial charge in [-0.1, -0.05) is 35.9 Å². The van der Waals surface area contributed by atoms with E-state index in [0.29, 0.717) is 29.6 Å². The van der Waals surface area contributed by atoms with Crippen molar-refractivity contribution in [2.75, 3.05) is 20.2 Å². The molecule has 5 nitrogen and oxygen atoms in total. The fourth-order valence-electron chi connectivity index (χ4n) is 2.83. The third kappa shape index (κ3) is 3.91. The van der Waals surface area contributed by atoms with Crippen molar-refractivity contribution in [3.05, 3.63) is 64.6 Å². The van der Waals surface area contributed by atoms with Crippen LogP contribution in [0.3, 0.4) is 0 Å². The average molecular weight is 401 g/mol. The number of hydrogen-bond acceptors (Lipinski definition) is 5. The molecule has 138 valence electrons. The second-order valence-electron chi connectivity index (χ2n) is 6.23. The zero-order chi connectivity index (χ0) is 18.8. The van der Waals surface area contributed by atoms with Crippen LogP contribution in [0.5, 0.6) is 11.5 Å². The first-order valence-electron chi connectivity index (χ1n) is 8.45. The lowest BCUT2D eigenvalue weighted by molar-refractivity contribution is 0.0518. The molecule has 2 heterocycles. The number of thiazole rings is 1. The van der Waals surface area contributed by atoms with Crippen molar-refractivity contribution in [2.45, 2.75) is 6.10 Å². The first-order valence-corrected chi connectivity index (χ1v) is 9.71. The molecule has 1 aromatic heterocycles. The Morgan fingerprint density at radius 3 is 2.74 bits per heavy atom. The SMILES string of the molecule is CN(CC1COc2ccccc2O1)C(=O)c1csc(-c2ccc(Cl)cc2)n1. The molecule has 0 fully saturated rings. The van der Waals surface area contributed by atoms with Gasteiger partial charge in [-0.25, -0.2) is 4.98 Å². The van der Waals surface area contributed by atoms with E-state index in [2.05, 4.69) is 4.98 Å². The Morgan fingerprint density at radius 2 is 1.96 bits per heavy atom. The predicted molar refractivity (Wildman–Crippen MR) is 106 cm³/mol. The number of para-hydroxylation sites is 2. The highest BCUT2D eigenvalue weighted by atomic mass is 35.5. The predicted octanol–water partition coefficient (Wildman–Crippen LogP) is 4.38. The van der Waals surface area contributed by atoms with Gasteiger partial charge in [-0.2, -0.15) is 0 Å². The van der Waals surface area contributed by atoms with Gasteiger partial charge in [0.05, 0.1) is 6.54 Å². The lowest BCUT2D eigenvalue weighted by atomic mass is 10.2. The van der Waals surface area contributed by atoms with E-state index in [0.717, 1.165) is 16.3 Å². The van der Waals surface area contributed by atoms with E-state index in [-0.39, 0.29) is 12.0 Å². The van der Waals surface area contributed by atoms with Crippen LogP contribution in [0, 0.1) is 0 Å². The Balaban J connectivity index is 1.42. The Kier molecular flexibility index (Phi) is 5.01. The maximum Gasteiger partial charge on any atom is 0.273 e. The topological polar surface area (TPSA) is 51.7 Å². The normalized spacial score (nSPS) is 15.4. The van der Waals surface area contributed by atoms with Crippen LogP contribution in [0.2, 0.25) is 5.02 Å². The van der Waals surface area contributed by atoms with Gasteiger partial charge in [0.1, 0.15) is 17.3 Å². The van der Waals surface area contributed by atoms with E-state index in [1.807, 2.05) is 48.5 Å². The molecular formula is C20H17ClN2O3S. The standard InChI is InChI=1S/C20H17ClN2O3S/c1-23(10-15-11-25-17-4-2-3-5-18(17)26-15)20(24)16-12-27-19(22-16)13-6-8-14(21)9-7-13/h2-9,12,15H,10-11H2,1H3. The summed E-state index contributed by atoms with van der Waals surface area (Å²) in [6, 6.07) is 14.9. The average Bonchev–Trinajstić information content (AvgIpc) is 3.18. The summed E-state index contributed by atoms with van der Waals surface area (Å²) in [5, 5.41) is 3.23. The minimum atomic E-state index is -0.219. The van der Waals surface area contributed by atoms with Crippen molar-refractivity contribution in [1.29, 1.82) is 0 Å². The van der Waals surface area contributed by atoms with Gasteiger partial charge in [0.25, 0.3) is 5.91 Å². The minimum absolute atomic E-state index is 0.145. The molecule has 0 bridgehead atoms. The number of amides is 1. The summed E-state index contributed by atoms with van der Waals surface area (Å²) in [4.78, 5) is 18.8. The highest BCUT2D eigenvalue weighted by Crippen LogP contribution is 2.31. The molecule has 7 heteroatoms. The number of fused-ring (bicyclic) bond motifs is 1. The van der Waals surface area contributed by atoms with Crippen molar-refractivity contribution in [3.63, 3.8) is 0 Å². The zero-order valence-electron chi connectivity index (χ0n) is 14.6. The van der Waals surface area contributed by atoms with Crippen LogP contribution < -0.4 is 9.47 Å². The molecule has 4 rings (SSSR count). The monoisotopic (exact) mass is 400 g/mol. The molecule has 1 aliphatic rings. The van der Waals surface area contributed by atoms with Crippen LogP contribution >= 0.6 is 22.9 Å². The third-order valence-electron chi connectivity index (χ3n) is 4.21. The van der Waals surface area contributed by atoms with E-state index in [1.165, 1.54) is 11.3 Å². The number of nitrogens with zero attached hydrogens (tertiary/aromatic N) is 2. The quantitative estimate of drug-likeness (QED) is 0.652. The summed E-state index contributed by atoms with van der Waals surface area (Å²) in [6.07, 6.45) is -0.219. The Bertz CT molecular complexity index is 958. The third-order valence-corrected chi connectivity index (χ3v) is 5.35. The van der Waals surface area contributed by atoms with E-state index >= 15 is 0 Å². The highest BCUT2D eigenvalue weighted by molar-refractivity contribution is 7.13. The molecule has 0 saturated carbocycles. The number of aromatic nitrogens is 1. The van der Waals surface area contributed by atoms with Crippen LogP contribution in [-0.4, -0.2) is 42.1 Å². The van der Waals surface area contributed by atoms with Gasteiger partial charge in [-0.15, -0.1) is 11.3 Å². The van der Waals surface area contributed by atoms with Gasteiger partial charge >= 0.3 is 0 Å². The Hall–Kier alpha value is -2.57. The van der Waals surface area contributed by atoms with Crippen molar-refractivity contribution in [2.24, 2.45) is 0 Å². The molecular weight excluding hydrogens is 384 g/mol. The summed E-state index contributed by atoms with van der Waals surface area (Å²) in [5.41, 5.74) is 1.36. The van der Waals surface area contributed by atoms with Gasteiger partial charge in [0, 0.05) is 23.0 Å². The highest BCUT2D eigenvalue weighted by Gasteiger charge is 2.25. The smallest absolute Gasteiger partial charge is 0.273 e. The van der Waals surface area contributed by atoms with Gasteiger partial charge < -0.3 is 14.4 Å². The number of carbonyl (C=O) groups excluding carboxylic acids is 1. The van der Waals surface area contributed by atoms with Crippen LogP contribution in [0.25, 0.3) is 10.6 Å². The van der Waals surface area contributed by atoms with Crippen LogP contribution in [0.15, 0.2) is 53.9 Å². The Morgan fingerprint density at radius 1 is 1.22 bits per heavy atom. The fraction of sp³-hybridized carbons (Fsp3) is 0.200. The van der Waals surface area contributed by atoms with Crippen LogP contribution in [-0.2, 0) is 0 Å². The number of hydrogen-bond donors (Lipinski definition) is 0. The summed E-state index contributed by atoms with van der Waals surface area (Å²) < 4.78 is 11.6. The van der Waals surface area contributed by atoms with Gasteiger partial charge in [0.15, 0.2) is 17.6 Å². The maximum atomic E-state index is 12.7. The number of carbonyl (C=O) groups is 1. The second kappa shape index (κ2) is 7.58. The molecule has 2 aromatic carbocycles. The fourth-order valence-corrected chi connectivity index (χ4v) is 3.76. The van der Waals surface area contributed by atoms with E-state index in [9.17, 15) is 4.79 Å². The molecule has 0 spiro atoms. The van der Waals surface area contributed by atoms with Gasteiger partial charge in [-0.3, -0.25) is 4.79 Å². The van der Waals surface area contributed by atoms with E-state index in [1.54, 1.807) is 17.3 Å². The second-order valence-corrected chi connectivity index (χ2v) is 7.52. The maximum absolute atomic E-state index is 12.7. The van der Waals surface area contributed by atoms with Crippen molar-refractivity contribution in [3.8, 4) is 22.1 Å². The number of rotatable bonds is 4. The molecule has 0 radical (unpaired) electrons. The lowest BCUT2D eigenvalue weighted by Crippen LogP contribution is -2.41. The number of likely N-dealkylation sites (N-methyl/N-ethyl adjacent to an activating group) is 1. The van der Waals surface area contributed by atoms with E-state index < -0.39 is 0 Å². The van der Waals surface area contributed by atoms with Gasteiger partial charge in [-0.05, 0) is 24.3 Å². The molecule has 3 aromatic rings. The van der Waals surface area contributed by atoms with Crippen molar-refractivity contribution in [1.82, 2.24) is 9.88 Å². The minimum Gasteiger partial charge on any atom is -0.486 e. The molecule has 1 amide bonds. The summed E-state index contributed by atoms with van der Waals surface area (Å²) in [6.45, 7) is 0.822. The van der Waals surface area contributed by atoms with Crippen LogP contribution in [0.4, 0.5) is 0 Å². The molecule has 1 atom stereocenters. The first-order chi connectivity index (χ1) is 13.1. The Labute approximate surface area is 166 Å². The molecule has 0 N–H and O–H groups in total. The lowest BCUT2D eigenvalue weighted by Gasteiger charge is -2.29. The van der Waals surface area contributed by atoms with Crippen molar-refractivity contribution < 1.29 is 14.3 Å². The number of halogens is 1. The molecule has 27 heavy (non-hydrogen) atoms. The number of benzene rings is 2. The first kappa shape index (κ1) is 17.8. The molecule has 0 aliphatic carbocycles. The number of ether oxygens (including phenoxy) is 2. The molecule has 1 aliphatic heterocycles. The van der Waals surface area contributed by atoms with Crippen LogP contribution in [0.1, 0.15) is 10.5 Å². The zero-order valence-corrected chi connectivity index (χ0v) is 16.2. The van der Waals surface area contributed by atoms with E-state index in [4.69, 9.17) is 21.1 Å². The molecule has 0 saturated heterocycles. The summed E-state index contributed by atoms with van der Waals surface area (Å²) in [7, 11) is 1.74. The molecule has 1 unspecified atom stereocenters.